The van der Waals surface area contributed by atoms with Gasteiger partial charge in [-0.05, 0) is 74.2 Å². The van der Waals surface area contributed by atoms with Crippen LogP contribution in [0.4, 0.5) is 9.59 Å². The maximum atomic E-state index is 12.7. The quantitative estimate of drug-likeness (QED) is 0.115. The van der Waals surface area contributed by atoms with E-state index in [1.807, 2.05) is 24.3 Å². The van der Waals surface area contributed by atoms with Crippen molar-refractivity contribution in [3.8, 4) is 11.1 Å². The summed E-state index contributed by atoms with van der Waals surface area (Å²) in [6, 6.07) is 15.6. The zero-order valence-corrected chi connectivity index (χ0v) is 24.0. The monoisotopic (exact) mass is 564 g/mol. The van der Waals surface area contributed by atoms with Crippen molar-refractivity contribution in [3.05, 3.63) is 70.1 Å². The number of alkyl carbamates (subject to hydrolysis) is 2. The molecule has 41 heavy (non-hydrogen) atoms. The largest absolute Gasteiger partial charge is 0.449 e. The topological polar surface area (TPSA) is 155 Å². The van der Waals surface area contributed by atoms with Crippen molar-refractivity contribution in [3.63, 3.8) is 0 Å². The molecule has 11 heteroatoms. The minimum absolute atomic E-state index is 0.00432. The van der Waals surface area contributed by atoms with E-state index in [9.17, 15) is 14.4 Å². The van der Waals surface area contributed by atoms with Gasteiger partial charge in [0.1, 0.15) is 18.2 Å². The molecule has 2 aromatic rings. The molecule has 1 aliphatic carbocycles. The zero-order valence-electron chi connectivity index (χ0n) is 24.0. The van der Waals surface area contributed by atoms with E-state index in [1.54, 1.807) is 20.8 Å². The highest BCUT2D eigenvalue weighted by Crippen LogP contribution is 2.44. The molecule has 3 N–H and O–H groups in total. The summed E-state index contributed by atoms with van der Waals surface area (Å²) in [5.74, 6) is -0.311. The molecule has 0 spiro atoms. The highest BCUT2D eigenvalue weighted by atomic mass is 16.6. The van der Waals surface area contributed by atoms with Crippen molar-refractivity contribution in [2.75, 3.05) is 26.2 Å². The molecule has 0 radical (unpaired) electrons. The first kappa shape index (κ1) is 31.3. The second kappa shape index (κ2) is 15.5. The summed E-state index contributed by atoms with van der Waals surface area (Å²) in [5.41, 5.74) is 12.4. The maximum absolute atomic E-state index is 12.7. The smallest absolute Gasteiger partial charge is 0.408 e. The number of hydrogen-bond donors (Lipinski definition) is 3. The van der Waals surface area contributed by atoms with Crippen molar-refractivity contribution in [2.24, 2.45) is 5.11 Å². The summed E-state index contributed by atoms with van der Waals surface area (Å²) in [6.07, 6.45) is 1.71. The van der Waals surface area contributed by atoms with Crippen LogP contribution in [0.5, 0.6) is 0 Å². The highest BCUT2D eigenvalue weighted by Gasteiger charge is 2.29. The van der Waals surface area contributed by atoms with Crippen molar-refractivity contribution >= 4 is 18.1 Å². The lowest BCUT2D eigenvalue weighted by Gasteiger charge is -2.23. The van der Waals surface area contributed by atoms with Gasteiger partial charge in [0.2, 0.25) is 5.91 Å². The first-order valence-electron chi connectivity index (χ1n) is 14.1. The van der Waals surface area contributed by atoms with Crippen LogP contribution in [0.25, 0.3) is 21.6 Å². The van der Waals surface area contributed by atoms with E-state index >= 15 is 0 Å². The summed E-state index contributed by atoms with van der Waals surface area (Å²) in [6.45, 7) is 6.62. The number of azide groups is 1. The van der Waals surface area contributed by atoms with Gasteiger partial charge in [-0.3, -0.25) is 4.79 Å². The molecule has 1 atom stereocenters. The van der Waals surface area contributed by atoms with Crippen molar-refractivity contribution in [2.45, 2.75) is 70.4 Å². The normalized spacial score (nSPS) is 12.8. The second-order valence-corrected chi connectivity index (χ2v) is 10.9. The molecule has 3 amide bonds. The van der Waals surface area contributed by atoms with Gasteiger partial charge >= 0.3 is 12.2 Å². The van der Waals surface area contributed by atoms with Gasteiger partial charge in [0.05, 0.1) is 0 Å². The Morgan fingerprint density at radius 2 is 1.51 bits per heavy atom. The van der Waals surface area contributed by atoms with Crippen LogP contribution in [0.15, 0.2) is 53.6 Å². The number of ether oxygens (including phenoxy) is 2. The Labute approximate surface area is 241 Å². The third-order valence-corrected chi connectivity index (χ3v) is 6.59. The fourth-order valence-corrected chi connectivity index (χ4v) is 4.72. The number of amides is 3. The van der Waals surface area contributed by atoms with Gasteiger partial charge in [0.15, 0.2) is 0 Å². The van der Waals surface area contributed by atoms with Gasteiger partial charge in [0.25, 0.3) is 0 Å². The van der Waals surface area contributed by atoms with E-state index < -0.39 is 23.8 Å². The average molecular weight is 565 g/mol. The van der Waals surface area contributed by atoms with Crippen molar-refractivity contribution in [1.82, 2.24) is 16.0 Å². The lowest BCUT2D eigenvalue weighted by Crippen LogP contribution is -2.48. The number of unbranched alkanes of at least 4 members (excludes halogenated alkanes) is 2. The Hall–Kier alpha value is -4.24. The number of hydrogen-bond acceptors (Lipinski definition) is 6. The van der Waals surface area contributed by atoms with Crippen LogP contribution in [0, 0.1) is 0 Å². The van der Waals surface area contributed by atoms with Gasteiger partial charge in [-0.2, -0.15) is 0 Å². The number of fused-ring (bicyclic) bond motifs is 3. The van der Waals surface area contributed by atoms with E-state index in [2.05, 4.69) is 50.2 Å². The second-order valence-electron chi connectivity index (χ2n) is 10.9. The lowest BCUT2D eigenvalue weighted by molar-refractivity contribution is -0.123. The number of benzene rings is 2. The number of nitrogens with zero attached hydrogens (tertiary/aromatic N) is 3. The molecule has 11 nitrogen and oxygen atoms in total. The number of rotatable bonds is 14. The van der Waals surface area contributed by atoms with Crippen LogP contribution in [0.1, 0.15) is 69.9 Å². The summed E-state index contributed by atoms with van der Waals surface area (Å²) >= 11 is 0. The molecule has 1 aliphatic rings. The molecule has 0 fully saturated rings. The van der Waals surface area contributed by atoms with Crippen LogP contribution < -0.4 is 16.0 Å². The molecule has 3 rings (SSSR count). The number of carbonyl (C=O) groups excluding carboxylic acids is 3. The van der Waals surface area contributed by atoms with Gasteiger partial charge < -0.3 is 25.4 Å². The van der Waals surface area contributed by atoms with Crippen LogP contribution in [0.2, 0.25) is 0 Å². The Balaban J connectivity index is 1.36. The van der Waals surface area contributed by atoms with Crippen LogP contribution in [-0.2, 0) is 14.3 Å². The Morgan fingerprint density at radius 1 is 0.902 bits per heavy atom. The average Bonchev–Trinajstić information content (AvgIpc) is 3.25. The summed E-state index contributed by atoms with van der Waals surface area (Å²) in [5, 5.41) is 11.7. The minimum atomic E-state index is -0.769. The summed E-state index contributed by atoms with van der Waals surface area (Å²) in [4.78, 5) is 40.0. The molecule has 0 aromatic heterocycles. The van der Waals surface area contributed by atoms with Gasteiger partial charge in [-0.25, -0.2) is 9.59 Å². The highest BCUT2D eigenvalue weighted by molar-refractivity contribution is 5.85. The van der Waals surface area contributed by atoms with E-state index in [-0.39, 0.29) is 18.4 Å². The molecule has 220 valence electrons. The zero-order chi connectivity index (χ0) is 29.7. The van der Waals surface area contributed by atoms with Crippen molar-refractivity contribution in [1.29, 1.82) is 0 Å². The van der Waals surface area contributed by atoms with Gasteiger partial charge in [-0.15, -0.1) is 0 Å². The van der Waals surface area contributed by atoms with Crippen LogP contribution >= 0.6 is 0 Å². The van der Waals surface area contributed by atoms with Crippen LogP contribution in [-0.4, -0.2) is 56.0 Å². The molecule has 0 unspecified atom stereocenters. The van der Waals surface area contributed by atoms with E-state index in [4.69, 9.17) is 15.0 Å². The Morgan fingerprint density at radius 3 is 2.12 bits per heavy atom. The Kier molecular flexibility index (Phi) is 11.8. The molecule has 0 saturated heterocycles. The fraction of sp³-hybridized carbons (Fsp3) is 0.500. The molecular formula is C30H40N6O5. The third kappa shape index (κ3) is 10.0. The number of carbonyl (C=O) groups is 3. The standard InChI is InChI=1S/C30H40N6O5/c1-30(2,3)41-29(39)35-26(16-8-9-19-34-36-31)27(37)32-17-10-11-18-33-28(38)40-20-25-23-14-6-4-12-21(23)22-13-5-7-15-24(22)25/h4-7,12-15,25-26H,8-11,16-20H2,1-3H3,(H,32,37)(H,33,38)(H,35,39)/t26-/m1/s1. The molecule has 0 bridgehead atoms. The SMILES string of the molecule is CC(C)(C)OC(=O)N[C@H](CCCCN=[N+]=[N-])C(=O)NCCCCNC(=O)OCC1c2ccccc2-c2ccccc21. The minimum Gasteiger partial charge on any atom is -0.449 e. The Bertz CT molecular complexity index is 1190. The molecular weight excluding hydrogens is 524 g/mol. The van der Waals surface area contributed by atoms with Gasteiger partial charge in [0, 0.05) is 30.5 Å². The predicted molar refractivity (Wildman–Crippen MR) is 156 cm³/mol. The van der Waals surface area contributed by atoms with Gasteiger partial charge in [-0.1, -0.05) is 60.1 Å². The lowest BCUT2D eigenvalue weighted by atomic mass is 9.98. The van der Waals surface area contributed by atoms with E-state index in [1.165, 1.54) is 11.1 Å². The summed E-state index contributed by atoms with van der Waals surface area (Å²) in [7, 11) is 0. The van der Waals surface area contributed by atoms with E-state index in [0.717, 1.165) is 11.1 Å². The first-order valence-corrected chi connectivity index (χ1v) is 14.1. The predicted octanol–water partition coefficient (Wildman–Crippen LogP) is 5.80. The van der Waals surface area contributed by atoms with Crippen LogP contribution in [0.3, 0.4) is 0 Å². The molecule has 0 aliphatic heterocycles. The van der Waals surface area contributed by atoms with E-state index in [0.29, 0.717) is 51.7 Å². The fourth-order valence-electron chi connectivity index (χ4n) is 4.72. The first-order chi connectivity index (χ1) is 19.7. The molecule has 0 heterocycles. The number of nitrogens with one attached hydrogen (secondary N) is 3. The molecule has 0 saturated carbocycles. The molecule has 2 aromatic carbocycles. The maximum Gasteiger partial charge on any atom is 0.408 e. The third-order valence-electron chi connectivity index (χ3n) is 6.59. The summed E-state index contributed by atoms with van der Waals surface area (Å²) < 4.78 is 10.8. The van der Waals surface area contributed by atoms with Crippen molar-refractivity contribution < 1.29 is 23.9 Å².